The number of aromatic nitrogens is 1. The molecule has 3 rings (SSSR count). The summed E-state index contributed by atoms with van der Waals surface area (Å²) in [5, 5.41) is 5.91. The van der Waals surface area contributed by atoms with Gasteiger partial charge in [0.1, 0.15) is 0 Å². The molecule has 6 nitrogen and oxygen atoms in total. The minimum absolute atomic E-state index is 0.134. The van der Waals surface area contributed by atoms with Crippen molar-refractivity contribution < 1.29 is 13.2 Å². The molecule has 134 valence electrons. The fourth-order valence-corrected chi connectivity index (χ4v) is 4.46. The zero-order valence-electron chi connectivity index (χ0n) is 14.2. The number of thiazole rings is 1. The number of carbonyl (C=O) groups excluding carboxylic acids is 1. The number of nitrogens with zero attached hydrogens (tertiary/aromatic N) is 2. The number of aryl methyl sites for hydroxylation is 1. The predicted octanol–water partition coefficient (Wildman–Crippen LogP) is 2.73. The predicted molar refractivity (Wildman–Crippen MR) is 100 cm³/mol. The normalized spacial score (nSPS) is 18.9. The van der Waals surface area contributed by atoms with Crippen molar-refractivity contribution in [2.24, 2.45) is 5.92 Å². The van der Waals surface area contributed by atoms with Crippen molar-refractivity contribution in [3.63, 3.8) is 0 Å². The van der Waals surface area contributed by atoms with Crippen molar-refractivity contribution in [3.8, 4) is 11.3 Å². The van der Waals surface area contributed by atoms with Crippen LogP contribution in [0.3, 0.4) is 0 Å². The Balaban J connectivity index is 1.65. The van der Waals surface area contributed by atoms with Crippen LogP contribution < -0.4 is 5.32 Å². The van der Waals surface area contributed by atoms with Gasteiger partial charge < -0.3 is 5.32 Å². The highest BCUT2D eigenvalue weighted by atomic mass is 32.2. The van der Waals surface area contributed by atoms with Gasteiger partial charge in [-0.05, 0) is 31.9 Å². The maximum Gasteiger partial charge on any atom is 0.228 e. The van der Waals surface area contributed by atoms with Crippen LogP contribution in [0.25, 0.3) is 11.3 Å². The molecular formula is C17H21N3O3S2. The van der Waals surface area contributed by atoms with Gasteiger partial charge in [0.25, 0.3) is 0 Å². The summed E-state index contributed by atoms with van der Waals surface area (Å²) in [6.07, 6.45) is 2.59. The molecule has 1 aromatic carbocycles. The highest BCUT2D eigenvalue weighted by Crippen LogP contribution is 2.24. The standard InChI is InChI=1S/C17H21N3O3S2/c1-12-18-16(11-24-12)13-5-7-15(8-6-13)19-17(21)14-4-3-9-20(10-14)25(2,22)23/h5-8,11,14H,3-4,9-10H2,1-2H3,(H,19,21). The zero-order chi connectivity index (χ0) is 18.0. The second kappa shape index (κ2) is 7.23. The molecule has 8 heteroatoms. The topological polar surface area (TPSA) is 79.4 Å². The number of rotatable bonds is 4. The molecule has 1 unspecified atom stereocenters. The summed E-state index contributed by atoms with van der Waals surface area (Å²) in [7, 11) is -3.25. The van der Waals surface area contributed by atoms with Crippen LogP contribution in [0.15, 0.2) is 29.6 Å². The maximum atomic E-state index is 12.5. The van der Waals surface area contributed by atoms with E-state index >= 15 is 0 Å². The molecule has 1 amide bonds. The molecular weight excluding hydrogens is 358 g/mol. The number of carbonyl (C=O) groups is 1. The lowest BCUT2D eigenvalue weighted by Crippen LogP contribution is -2.43. The van der Waals surface area contributed by atoms with Crippen LogP contribution in [-0.2, 0) is 14.8 Å². The van der Waals surface area contributed by atoms with Gasteiger partial charge in [0, 0.05) is 29.7 Å². The van der Waals surface area contributed by atoms with Crippen LogP contribution in [0.1, 0.15) is 17.8 Å². The quantitative estimate of drug-likeness (QED) is 0.886. The Morgan fingerprint density at radius 1 is 1.32 bits per heavy atom. The summed E-state index contributed by atoms with van der Waals surface area (Å²) >= 11 is 1.60. The molecule has 1 aliphatic heterocycles. The van der Waals surface area contributed by atoms with Gasteiger partial charge in [0.15, 0.2) is 0 Å². The third-order valence-corrected chi connectivity index (χ3v) is 6.33. The fourth-order valence-electron chi connectivity index (χ4n) is 2.92. The molecule has 1 aromatic heterocycles. The summed E-state index contributed by atoms with van der Waals surface area (Å²) in [5.41, 5.74) is 2.64. The number of amides is 1. The highest BCUT2D eigenvalue weighted by Gasteiger charge is 2.30. The van der Waals surface area contributed by atoms with E-state index in [9.17, 15) is 13.2 Å². The van der Waals surface area contributed by atoms with E-state index in [1.165, 1.54) is 10.6 Å². The van der Waals surface area contributed by atoms with Crippen molar-refractivity contribution in [2.75, 3.05) is 24.7 Å². The van der Waals surface area contributed by atoms with Gasteiger partial charge in [0.05, 0.1) is 22.9 Å². The lowest BCUT2D eigenvalue weighted by Gasteiger charge is -2.30. The van der Waals surface area contributed by atoms with Crippen molar-refractivity contribution in [2.45, 2.75) is 19.8 Å². The smallest absolute Gasteiger partial charge is 0.228 e. The lowest BCUT2D eigenvalue weighted by molar-refractivity contribution is -0.120. The Kier molecular flexibility index (Phi) is 5.21. The van der Waals surface area contributed by atoms with E-state index in [0.717, 1.165) is 16.3 Å². The summed E-state index contributed by atoms with van der Waals surface area (Å²) in [4.78, 5) is 16.9. The summed E-state index contributed by atoms with van der Waals surface area (Å²) in [6, 6.07) is 7.54. The monoisotopic (exact) mass is 379 g/mol. The Morgan fingerprint density at radius 3 is 2.64 bits per heavy atom. The van der Waals surface area contributed by atoms with Crippen LogP contribution in [0.2, 0.25) is 0 Å². The third-order valence-electron chi connectivity index (χ3n) is 4.29. The molecule has 1 saturated heterocycles. The van der Waals surface area contributed by atoms with Gasteiger partial charge in [-0.3, -0.25) is 4.79 Å². The van der Waals surface area contributed by atoms with Crippen molar-refractivity contribution in [3.05, 3.63) is 34.7 Å². The first-order chi connectivity index (χ1) is 11.8. The highest BCUT2D eigenvalue weighted by molar-refractivity contribution is 7.88. The molecule has 1 aliphatic rings. The molecule has 2 heterocycles. The number of hydrogen-bond donors (Lipinski definition) is 1. The van der Waals surface area contributed by atoms with Crippen LogP contribution in [0.5, 0.6) is 0 Å². The number of nitrogens with one attached hydrogen (secondary N) is 1. The van der Waals surface area contributed by atoms with Crippen LogP contribution in [0, 0.1) is 12.8 Å². The summed E-state index contributed by atoms with van der Waals surface area (Å²) in [6.45, 7) is 2.71. The van der Waals surface area contributed by atoms with Crippen molar-refractivity contribution in [1.82, 2.24) is 9.29 Å². The van der Waals surface area contributed by atoms with Gasteiger partial charge in [-0.1, -0.05) is 12.1 Å². The third kappa shape index (κ3) is 4.45. The van der Waals surface area contributed by atoms with E-state index in [2.05, 4.69) is 10.3 Å². The van der Waals surface area contributed by atoms with E-state index in [-0.39, 0.29) is 18.4 Å². The molecule has 0 radical (unpaired) electrons. The Bertz CT molecular complexity index is 860. The molecule has 0 aliphatic carbocycles. The number of hydrogen-bond acceptors (Lipinski definition) is 5. The average molecular weight is 380 g/mol. The molecule has 1 N–H and O–H groups in total. The zero-order valence-corrected chi connectivity index (χ0v) is 15.9. The number of anilines is 1. The largest absolute Gasteiger partial charge is 0.326 e. The Morgan fingerprint density at radius 2 is 2.04 bits per heavy atom. The first kappa shape index (κ1) is 18.0. The number of piperidine rings is 1. The molecule has 25 heavy (non-hydrogen) atoms. The van der Waals surface area contributed by atoms with Gasteiger partial charge >= 0.3 is 0 Å². The SMILES string of the molecule is Cc1nc(-c2ccc(NC(=O)C3CCCN(S(C)(=O)=O)C3)cc2)cs1. The molecule has 2 aromatic rings. The van der Waals surface area contributed by atoms with Gasteiger partial charge in [-0.25, -0.2) is 17.7 Å². The molecule has 0 bridgehead atoms. The van der Waals surface area contributed by atoms with E-state index in [4.69, 9.17) is 0 Å². The maximum absolute atomic E-state index is 12.5. The first-order valence-corrected chi connectivity index (χ1v) is 10.8. The summed E-state index contributed by atoms with van der Waals surface area (Å²) < 4.78 is 24.7. The lowest BCUT2D eigenvalue weighted by atomic mass is 9.98. The van der Waals surface area contributed by atoms with Gasteiger partial charge in [-0.15, -0.1) is 11.3 Å². The van der Waals surface area contributed by atoms with Crippen LogP contribution in [0.4, 0.5) is 5.69 Å². The second-order valence-electron chi connectivity index (χ2n) is 6.28. The number of sulfonamides is 1. The molecule has 1 fully saturated rings. The van der Waals surface area contributed by atoms with E-state index in [0.29, 0.717) is 25.1 Å². The van der Waals surface area contributed by atoms with E-state index < -0.39 is 10.0 Å². The first-order valence-electron chi connectivity index (χ1n) is 8.11. The average Bonchev–Trinajstić information content (AvgIpc) is 3.01. The van der Waals surface area contributed by atoms with Gasteiger partial charge in [-0.2, -0.15) is 0 Å². The molecule has 0 spiro atoms. The van der Waals surface area contributed by atoms with Crippen molar-refractivity contribution in [1.29, 1.82) is 0 Å². The van der Waals surface area contributed by atoms with E-state index in [1.54, 1.807) is 11.3 Å². The Labute approximate surface area is 151 Å². The minimum Gasteiger partial charge on any atom is -0.326 e. The minimum atomic E-state index is -3.25. The summed E-state index contributed by atoms with van der Waals surface area (Å²) in [5.74, 6) is -0.449. The number of benzene rings is 1. The molecule has 1 atom stereocenters. The van der Waals surface area contributed by atoms with Crippen LogP contribution in [-0.4, -0.2) is 43.0 Å². The van der Waals surface area contributed by atoms with Crippen LogP contribution >= 0.6 is 11.3 Å². The molecule has 0 saturated carbocycles. The fraction of sp³-hybridized carbons (Fsp3) is 0.412. The second-order valence-corrected chi connectivity index (χ2v) is 9.32. The van der Waals surface area contributed by atoms with Crippen molar-refractivity contribution >= 4 is 33.0 Å². The Hall–Kier alpha value is -1.77. The van der Waals surface area contributed by atoms with Gasteiger partial charge in [0.2, 0.25) is 15.9 Å². The van der Waals surface area contributed by atoms with E-state index in [1.807, 2.05) is 36.6 Å².